The van der Waals surface area contributed by atoms with Crippen LogP contribution in [0, 0.1) is 0 Å². The molecule has 0 radical (unpaired) electrons. The SMILES string of the molecule is COCCN(C)C/C=C/SC(C)C. The van der Waals surface area contributed by atoms with Gasteiger partial charge in [-0.05, 0) is 12.5 Å². The van der Waals surface area contributed by atoms with Crippen LogP contribution in [-0.2, 0) is 4.74 Å². The minimum Gasteiger partial charge on any atom is -0.383 e. The average molecular weight is 203 g/mol. The second kappa shape index (κ2) is 8.60. The second-order valence-corrected chi connectivity index (χ2v) is 4.80. The van der Waals surface area contributed by atoms with Crippen molar-refractivity contribution in [3.8, 4) is 0 Å². The monoisotopic (exact) mass is 203 g/mol. The molecule has 0 aliphatic carbocycles. The molecule has 0 atom stereocenters. The standard InChI is InChI=1S/C10H21NOS/c1-10(2)13-9-5-6-11(3)7-8-12-4/h5,9-10H,6-8H2,1-4H3/b9-5+. The second-order valence-electron chi connectivity index (χ2n) is 3.31. The lowest BCUT2D eigenvalue weighted by Gasteiger charge is -2.12. The number of nitrogens with zero attached hydrogens (tertiary/aromatic N) is 1. The van der Waals surface area contributed by atoms with Crippen LogP contribution in [0.25, 0.3) is 0 Å². The van der Waals surface area contributed by atoms with Gasteiger partial charge in [0.1, 0.15) is 0 Å². The van der Waals surface area contributed by atoms with E-state index in [1.807, 2.05) is 11.8 Å². The van der Waals surface area contributed by atoms with E-state index < -0.39 is 0 Å². The number of ether oxygens (including phenoxy) is 1. The van der Waals surface area contributed by atoms with E-state index in [4.69, 9.17) is 4.74 Å². The van der Waals surface area contributed by atoms with Gasteiger partial charge in [-0.2, -0.15) is 0 Å². The molecule has 0 aliphatic rings. The van der Waals surface area contributed by atoms with Crippen LogP contribution < -0.4 is 0 Å². The summed E-state index contributed by atoms with van der Waals surface area (Å²) in [5.74, 6) is 0. The number of hydrogen-bond acceptors (Lipinski definition) is 3. The zero-order valence-corrected chi connectivity index (χ0v) is 9.93. The molecule has 0 aliphatic heterocycles. The van der Waals surface area contributed by atoms with Crippen molar-refractivity contribution in [1.29, 1.82) is 0 Å². The summed E-state index contributed by atoms with van der Waals surface area (Å²) in [5.41, 5.74) is 0. The molecular weight excluding hydrogens is 182 g/mol. The summed E-state index contributed by atoms with van der Waals surface area (Å²) in [6.07, 6.45) is 2.19. The molecule has 0 bridgehead atoms. The summed E-state index contributed by atoms with van der Waals surface area (Å²) in [5, 5.41) is 2.86. The minimum atomic E-state index is 0.681. The molecule has 0 aromatic carbocycles. The highest BCUT2D eigenvalue weighted by molar-refractivity contribution is 8.02. The molecule has 0 saturated carbocycles. The first-order chi connectivity index (χ1) is 6.16. The maximum atomic E-state index is 4.99. The molecule has 13 heavy (non-hydrogen) atoms. The fourth-order valence-corrected chi connectivity index (χ4v) is 1.29. The van der Waals surface area contributed by atoms with Gasteiger partial charge in [0, 0.05) is 25.4 Å². The Morgan fingerprint density at radius 3 is 2.69 bits per heavy atom. The average Bonchev–Trinajstić information content (AvgIpc) is 2.08. The van der Waals surface area contributed by atoms with Gasteiger partial charge in [0.25, 0.3) is 0 Å². The van der Waals surface area contributed by atoms with Gasteiger partial charge in [-0.3, -0.25) is 0 Å². The Hall–Kier alpha value is 0.01000. The topological polar surface area (TPSA) is 12.5 Å². The van der Waals surface area contributed by atoms with Crippen molar-refractivity contribution in [2.75, 3.05) is 33.9 Å². The number of hydrogen-bond donors (Lipinski definition) is 0. The summed E-state index contributed by atoms with van der Waals surface area (Å²) in [6, 6.07) is 0. The van der Waals surface area contributed by atoms with Crippen LogP contribution >= 0.6 is 11.8 Å². The zero-order chi connectivity index (χ0) is 10.1. The van der Waals surface area contributed by atoms with Crippen LogP contribution in [0.4, 0.5) is 0 Å². The fraction of sp³-hybridized carbons (Fsp3) is 0.800. The summed E-state index contributed by atoms with van der Waals surface area (Å²) < 4.78 is 4.99. The van der Waals surface area contributed by atoms with Gasteiger partial charge in [0.2, 0.25) is 0 Å². The van der Waals surface area contributed by atoms with Crippen LogP contribution in [0.2, 0.25) is 0 Å². The van der Waals surface area contributed by atoms with Gasteiger partial charge < -0.3 is 9.64 Å². The molecule has 0 heterocycles. The predicted molar refractivity (Wildman–Crippen MR) is 61.2 cm³/mol. The first-order valence-electron chi connectivity index (χ1n) is 4.64. The van der Waals surface area contributed by atoms with E-state index >= 15 is 0 Å². The van der Waals surface area contributed by atoms with Crippen LogP contribution in [0.5, 0.6) is 0 Å². The maximum absolute atomic E-state index is 4.99. The molecule has 0 aromatic rings. The lowest BCUT2D eigenvalue weighted by atomic mass is 10.5. The van der Waals surface area contributed by atoms with Crippen molar-refractivity contribution in [2.45, 2.75) is 19.1 Å². The fourth-order valence-electron chi connectivity index (χ4n) is 0.774. The molecule has 0 saturated heterocycles. The van der Waals surface area contributed by atoms with E-state index in [1.54, 1.807) is 7.11 Å². The lowest BCUT2D eigenvalue weighted by molar-refractivity contribution is 0.166. The normalized spacial score (nSPS) is 12.2. The molecule has 0 unspecified atom stereocenters. The third kappa shape index (κ3) is 9.93. The molecule has 0 fully saturated rings. The first-order valence-corrected chi connectivity index (χ1v) is 5.59. The molecule has 78 valence electrons. The van der Waals surface area contributed by atoms with Crippen molar-refractivity contribution in [3.63, 3.8) is 0 Å². The zero-order valence-electron chi connectivity index (χ0n) is 9.12. The molecule has 0 amide bonds. The summed E-state index contributed by atoms with van der Waals surface area (Å²) >= 11 is 1.86. The summed E-state index contributed by atoms with van der Waals surface area (Å²) in [4.78, 5) is 2.24. The van der Waals surface area contributed by atoms with E-state index in [0.717, 1.165) is 19.7 Å². The van der Waals surface area contributed by atoms with E-state index in [9.17, 15) is 0 Å². The summed E-state index contributed by atoms with van der Waals surface area (Å²) in [6.45, 7) is 7.20. The van der Waals surface area contributed by atoms with Crippen LogP contribution in [0.1, 0.15) is 13.8 Å². The van der Waals surface area contributed by atoms with E-state index in [2.05, 4.69) is 37.3 Å². The molecule has 0 aromatic heterocycles. The van der Waals surface area contributed by atoms with E-state index in [0.29, 0.717) is 5.25 Å². The van der Waals surface area contributed by atoms with Crippen molar-refractivity contribution in [3.05, 3.63) is 11.5 Å². The Bertz CT molecular complexity index is 137. The number of likely N-dealkylation sites (N-methyl/N-ethyl adjacent to an activating group) is 1. The lowest BCUT2D eigenvalue weighted by Crippen LogP contribution is -2.22. The van der Waals surface area contributed by atoms with E-state index in [-0.39, 0.29) is 0 Å². The van der Waals surface area contributed by atoms with Gasteiger partial charge in [0.05, 0.1) is 6.61 Å². The van der Waals surface area contributed by atoms with Crippen LogP contribution in [0.3, 0.4) is 0 Å². The van der Waals surface area contributed by atoms with Crippen molar-refractivity contribution < 1.29 is 4.74 Å². The van der Waals surface area contributed by atoms with Crippen LogP contribution in [0.15, 0.2) is 11.5 Å². The third-order valence-corrected chi connectivity index (χ3v) is 2.44. The van der Waals surface area contributed by atoms with Crippen molar-refractivity contribution in [1.82, 2.24) is 4.90 Å². The highest BCUT2D eigenvalue weighted by Crippen LogP contribution is 2.09. The van der Waals surface area contributed by atoms with Gasteiger partial charge in [0.15, 0.2) is 0 Å². The van der Waals surface area contributed by atoms with Crippen LogP contribution in [-0.4, -0.2) is 44.0 Å². The Morgan fingerprint density at radius 1 is 1.46 bits per heavy atom. The Morgan fingerprint density at radius 2 is 2.15 bits per heavy atom. The number of thioether (sulfide) groups is 1. The molecule has 0 N–H and O–H groups in total. The predicted octanol–water partition coefficient (Wildman–Crippen LogP) is 2.22. The largest absolute Gasteiger partial charge is 0.383 e. The smallest absolute Gasteiger partial charge is 0.0589 e. The number of rotatable bonds is 7. The first kappa shape index (κ1) is 13.0. The molecule has 0 spiro atoms. The Kier molecular flexibility index (Phi) is 8.61. The number of methoxy groups -OCH3 is 1. The highest BCUT2D eigenvalue weighted by atomic mass is 32.2. The molecule has 3 heteroatoms. The van der Waals surface area contributed by atoms with E-state index in [1.165, 1.54) is 0 Å². The third-order valence-electron chi connectivity index (χ3n) is 1.54. The Balaban J connectivity index is 3.34. The maximum Gasteiger partial charge on any atom is 0.0589 e. The van der Waals surface area contributed by atoms with Gasteiger partial charge >= 0.3 is 0 Å². The molecule has 0 rings (SSSR count). The minimum absolute atomic E-state index is 0.681. The van der Waals surface area contributed by atoms with Gasteiger partial charge in [-0.1, -0.05) is 19.9 Å². The van der Waals surface area contributed by atoms with Crippen molar-refractivity contribution >= 4 is 11.8 Å². The highest BCUT2D eigenvalue weighted by Gasteiger charge is 1.93. The summed E-state index contributed by atoms with van der Waals surface area (Å²) in [7, 11) is 3.84. The molecule has 2 nitrogen and oxygen atoms in total. The van der Waals surface area contributed by atoms with Gasteiger partial charge in [-0.25, -0.2) is 0 Å². The van der Waals surface area contributed by atoms with Crippen molar-refractivity contribution in [2.24, 2.45) is 0 Å². The molecular formula is C10H21NOS. The quantitative estimate of drug-likeness (QED) is 0.629. The Labute approximate surface area is 86.3 Å². The van der Waals surface area contributed by atoms with Gasteiger partial charge in [-0.15, -0.1) is 11.8 Å².